The lowest BCUT2D eigenvalue weighted by Crippen LogP contribution is -2.31. The van der Waals surface area contributed by atoms with Crippen molar-refractivity contribution in [1.82, 2.24) is 24.0 Å². The standard InChI is InChI=1S/C25H33N5O5/c1-4-6-12-29-20(26-23-22(29)24(32)27-25(33)30(23)13-7-5-2)10-11-21(31)28(3)15-17-8-9-18-19(14-17)35-16-34-18/h8-9,14H,4-7,10-13,15-16H2,1-3H3,(H,27,32,33). The average molecular weight is 484 g/mol. The number of rotatable bonds is 11. The molecule has 1 amide bonds. The first kappa shape index (κ1) is 24.6. The molecule has 0 bridgehead atoms. The Bertz CT molecular complexity index is 1320. The maximum atomic E-state index is 12.9. The van der Waals surface area contributed by atoms with Crippen molar-refractivity contribution in [2.45, 2.75) is 72.0 Å². The van der Waals surface area contributed by atoms with E-state index in [4.69, 9.17) is 14.5 Å². The van der Waals surface area contributed by atoms with Crippen molar-refractivity contribution in [3.05, 3.63) is 50.4 Å². The fourth-order valence-electron chi connectivity index (χ4n) is 4.30. The van der Waals surface area contributed by atoms with E-state index in [9.17, 15) is 14.4 Å². The zero-order valence-corrected chi connectivity index (χ0v) is 20.6. The Morgan fingerprint density at radius 2 is 1.80 bits per heavy atom. The number of nitrogens with one attached hydrogen (secondary N) is 1. The van der Waals surface area contributed by atoms with Gasteiger partial charge in [0.15, 0.2) is 22.7 Å². The SMILES string of the molecule is CCCCn1c(CCC(=O)N(C)Cc2ccc3c(c2)OCO3)nc2c1c(=O)[nH]c(=O)n2CCCC. The van der Waals surface area contributed by atoms with Gasteiger partial charge in [-0.05, 0) is 30.5 Å². The van der Waals surface area contributed by atoms with Crippen molar-refractivity contribution in [3.8, 4) is 11.5 Å². The second kappa shape index (κ2) is 10.8. The lowest BCUT2D eigenvalue weighted by molar-refractivity contribution is -0.130. The van der Waals surface area contributed by atoms with Crippen LogP contribution in [0.15, 0.2) is 27.8 Å². The van der Waals surface area contributed by atoms with Gasteiger partial charge in [-0.2, -0.15) is 0 Å². The zero-order chi connectivity index (χ0) is 24.9. The van der Waals surface area contributed by atoms with Crippen LogP contribution in [0, 0.1) is 0 Å². The molecule has 3 aromatic rings. The number of aryl methyl sites for hydroxylation is 3. The van der Waals surface area contributed by atoms with Crippen LogP contribution in [0.2, 0.25) is 0 Å². The molecule has 4 rings (SSSR count). The first-order valence-electron chi connectivity index (χ1n) is 12.3. The lowest BCUT2D eigenvalue weighted by atomic mass is 10.2. The van der Waals surface area contributed by atoms with Crippen LogP contribution in [0.1, 0.15) is 57.3 Å². The number of nitrogens with zero attached hydrogens (tertiary/aromatic N) is 4. The first-order chi connectivity index (χ1) is 16.9. The van der Waals surface area contributed by atoms with Gasteiger partial charge in [-0.3, -0.25) is 19.1 Å². The van der Waals surface area contributed by atoms with Crippen LogP contribution in [-0.2, 0) is 30.8 Å². The summed E-state index contributed by atoms with van der Waals surface area (Å²) in [5.41, 5.74) is 0.887. The number of carbonyl (C=O) groups excluding carboxylic acids is 1. The number of ether oxygens (including phenoxy) is 2. The predicted molar refractivity (Wildman–Crippen MR) is 132 cm³/mol. The van der Waals surface area contributed by atoms with Crippen molar-refractivity contribution in [2.24, 2.45) is 0 Å². The third kappa shape index (κ3) is 5.26. The summed E-state index contributed by atoms with van der Waals surface area (Å²) in [6, 6.07) is 5.66. The number of imidazole rings is 1. The van der Waals surface area contributed by atoms with Gasteiger partial charge in [0, 0.05) is 39.5 Å². The Morgan fingerprint density at radius 3 is 2.54 bits per heavy atom. The molecule has 35 heavy (non-hydrogen) atoms. The van der Waals surface area contributed by atoms with Crippen LogP contribution >= 0.6 is 0 Å². The van der Waals surface area contributed by atoms with Crippen molar-refractivity contribution < 1.29 is 14.3 Å². The minimum absolute atomic E-state index is 0.0333. The van der Waals surface area contributed by atoms with Gasteiger partial charge in [0.1, 0.15) is 5.82 Å². The highest BCUT2D eigenvalue weighted by Gasteiger charge is 2.20. The molecule has 0 aliphatic carbocycles. The molecule has 1 aliphatic rings. The van der Waals surface area contributed by atoms with Crippen molar-refractivity contribution >= 4 is 17.1 Å². The third-order valence-electron chi connectivity index (χ3n) is 6.28. The van der Waals surface area contributed by atoms with E-state index < -0.39 is 11.2 Å². The van der Waals surface area contributed by atoms with Gasteiger partial charge in [0.05, 0.1) is 0 Å². The van der Waals surface area contributed by atoms with Gasteiger partial charge in [0.25, 0.3) is 5.56 Å². The molecule has 0 atom stereocenters. The van der Waals surface area contributed by atoms with E-state index in [-0.39, 0.29) is 19.1 Å². The van der Waals surface area contributed by atoms with Crippen molar-refractivity contribution in [1.29, 1.82) is 0 Å². The fraction of sp³-hybridized carbons (Fsp3) is 0.520. The molecule has 3 heterocycles. The number of aromatic amines is 1. The van der Waals surface area contributed by atoms with E-state index in [0.717, 1.165) is 31.2 Å². The summed E-state index contributed by atoms with van der Waals surface area (Å²) in [7, 11) is 1.76. The highest BCUT2D eigenvalue weighted by atomic mass is 16.7. The number of hydrogen-bond acceptors (Lipinski definition) is 6. The molecular weight excluding hydrogens is 450 g/mol. The smallest absolute Gasteiger partial charge is 0.330 e. The van der Waals surface area contributed by atoms with Gasteiger partial charge in [-0.15, -0.1) is 0 Å². The Hall–Kier alpha value is -3.56. The molecule has 0 saturated heterocycles. The number of benzene rings is 1. The van der Waals surface area contributed by atoms with Gasteiger partial charge < -0.3 is 18.9 Å². The fourth-order valence-corrected chi connectivity index (χ4v) is 4.30. The molecule has 188 valence electrons. The number of amides is 1. The second-order valence-corrected chi connectivity index (χ2v) is 8.91. The van der Waals surface area contributed by atoms with Crippen LogP contribution in [0.25, 0.3) is 11.2 Å². The van der Waals surface area contributed by atoms with E-state index in [2.05, 4.69) is 11.9 Å². The Kier molecular flexibility index (Phi) is 7.57. The quantitative estimate of drug-likeness (QED) is 0.449. The predicted octanol–water partition coefficient (Wildman–Crippen LogP) is 2.81. The number of fused-ring (bicyclic) bond motifs is 2. The van der Waals surface area contributed by atoms with Crippen LogP contribution in [0.3, 0.4) is 0 Å². The third-order valence-corrected chi connectivity index (χ3v) is 6.28. The highest BCUT2D eigenvalue weighted by Crippen LogP contribution is 2.32. The minimum atomic E-state index is -0.442. The number of unbranched alkanes of at least 4 members (excludes halogenated alkanes) is 2. The first-order valence-corrected chi connectivity index (χ1v) is 12.3. The Labute approximate surface area is 203 Å². The van der Waals surface area contributed by atoms with Gasteiger partial charge in [0.2, 0.25) is 12.7 Å². The van der Waals surface area contributed by atoms with Crippen molar-refractivity contribution in [2.75, 3.05) is 13.8 Å². The highest BCUT2D eigenvalue weighted by molar-refractivity contribution is 5.76. The summed E-state index contributed by atoms with van der Waals surface area (Å²) in [5, 5.41) is 0. The van der Waals surface area contributed by atoms with Crippen LogP contribution in [0.5, 0.6) is 11.5 Å². The number of H-pyrrole nitrogens is 1. The van der Waals surface area contributed by atoms with Gasteiger partial charge >= 0.3 is 5.69 Å². The molecule has 0 unspecified atom stereocenters. The number of hydrogen-bond donors (Lipinski definition) is 1. The molecule has 0 saturated carbocycles. The van der Waals surface area contributed by atoms with E-state index in [0.29, 0.717) is 54.5 Å². The summed E-state index contributed by atoms with van der Waals surface area (Å²) in [6.07, 6.45) is 4.16. The molecule has 1 aromatic carbocycles. The average Bonchev–Trinajstić information content (AvgIpc) is 3.45. The molecule has 10 nitrogen and oxygen atoms in total. The zero-order valence-electron chi connectivity index (χ0n) is 20.6. The maximum Gasteiger partial charge on any atom is 0.330 e. The van der Waals surface area contributed by atoms with E-state index in [1.807, 2.05) is 29.7 Å². The summed E-state index contributed by atoms with van der Waals surface area (Å²) in [6.45, 7) is 5.88. The summed E-state index contributed by atoms with van der Waals surface area (Å²) >= 11 is 0. The summed E-state index contributed by atoms with van der Waals surface area (Å²) < 4.78 is 14.2. The monoisotopic (exact) mass is 483 g/mol. The maximum absolute atomic E-state index is 12.9. The molecule has 0 fully saturated rings. The summed E-state index contributed by atoms with van der Waals surface area (Å²) in [5.74, 6) is 2.02. The van der Waals surface area contributed by atoms with Crippen LogP contribution in [0.4, 0.5) is 0 Å². The van der Waals surface area contributed by atoms with Crippen LogP contribution in [-0.4, -0.2) is 43.7 Å². The Morgan fingerprint density at radius 1 is 1.09 bits per heavy atom. The van der Waals surface area contributed by atoms with Crippen molar-refractivity contribution in [3.63, 3.8) is 0 Å². The molecule has 1 aliphatic heterocycles. The largest absolute Gasteiger partial charge is 0.454 e. The molecular formula is C25H33N5O5. The molecule has 2 aromatic heterocycles. The number of aromatic nitrogens is 4. The molecule has 1 N–H and O–H groups in total. The minimum Gasteiger partial charge on any atom is -0.454 e. The lowest BCUT2D eigenvalue weighted by Gasteiger charge is -2.17. The van der Waals surface area contributed by atoms with E-state index >= 15 is 0 Å². The van der Waals surface area contributed by atoms with Gasteiger partial charge in [-0.1, -0.05) is 32.8 Å². The van der Waals surface area contributed by atoms with Gasteiger partial charge in [-0.25, -0.2) is 9.78 Å². The van der Waals surface area contributed by atoms with Crippen LogP contribution < -0.4 is 20.7 Å². The summed E-state index contributed by atoms with van der Waals surface area (Å²) in [4.78, 5) is 47.0. The topological polar surface area (TPSA) is 111 Å². The van der Waals surface area contributed by atoms with E-state index in [1.165, 1.54) is 0 Å². The number of carbonyl (C=O) groups is 1. The molecule has 0 spiro atoms. The normalized spacial score (nSPS) is 12.4. The Balaban J connectivity index is 1.54. The van der Waals surface area contributed by atoms with E-state index in [1.54, 1.807) is 16.5 Å². The molecule has 0 radical (unpaired) electrons. The second-order valence-electron chi connectivity index (χ2n) is 8.91. The molecule has 10 heteroatoms.